The Bertz CT molecular complexity index is 1140. The van der Waals surface area contributed by atoms with Gasteiger partial charge in [-0.25, -0.2) is 8.78 Å². The van der Waals surface area contributed by atoms with Crippen LogP contribution in [0, 0.1) is 5.82 Å². The summed E-state index contributed by atoms with van der Waals surface area (Å²) in [6.07, 6.45) is 1.36. The summed E-state index contributed by atoms with van der Waals surface area (Å²) in [4.78, 5) is 31.7. The zero-order chi connectivity index (χ0) is 24.2. The SMILES string of the molecule is CC(C)c1cnc(C(NC(=O)C2CC(F)CN2C(=O)Cc2cnn[nH]2)c2ccccc2)cc1F. The van der Waals surface area contributed by atoms with Crippen LogP contribution < -0.4 is 5.32 Å². The van der Waals surface area contributed by atoms with Crippen LogP contribution in [0.5, 0.6) is 0 Å². The van der Waals surface area contributed by atoms with Crippen molar-refractivity contribution in [3.05, 3.63) is 77.1 Å². The monoisotopic (exact) mass is 468 g/mol. The lowest BCUT2D eigenvalue weighted by molar-refractivity contribution is -0.138. The number of hydrogen-bond donors (Lipinski definition) is 2. The van der Waals surface area contributed by atoms with Crippen LogP contribution in [0.1, 0.15) is 54.7 Å². The first-order valence-corrected chi connectivity index (χ1v) is 11.1. The number of carbonyl (C=O) groups excluding carboxylic acids is 2. The van der Waals surface area contributed by atoms with Crippen LogP contribution in [0.15, 0.2) is 48.8 Å². The molecule has 4 rings (SSSR count). The minimum atomic E-state index is -1.32. The first-order valence-electron chi connectivity index (χ1n) is 11.1. The van der Waals surface area contributed by atoms with Gasteiger partial charge in [-0.2, -0.15) is 0 Å². The Balaban J connectivity index is 1.59. The third-order valence-electron chi connectivity index (χ3n) is 5.92. The number of H-pyrrole nitrogens is 1. The van der Waals surface area contributed by atoms with Crippen LogP contribution in [0.4, 0.5) is 8.78 Å². The van der Waals surface area contributed by atoms with Crippen LogP contribution in [0.25, 0.3) is 0 Å². The quantitative estimate of drug-likeness (QED) is 0.555. The maximum Gasteiger partial charge on any atom is 0.243 e. The molecule has 2 aromatic heterocycles. The molecule has 34 heavy (non-hydrogen) atoms. The molecule has 0 spiro atoms. The molecular formula is C24H26F2N6O2. The summed E-state index contributed by atoms with van der Waals surface area (Å²) < 4.78 is 29.1. The van der Waals surface area contributed by atoms with Crippen molar-refractivity contribution in [2.45, 2.75) is 50.9 Å². The number of halogens is 2. The number of carbonyl (C=O) groups is 2. The first-order chi connectivity index (χ1) is 16.3. The number of hydrogen-bond acceptors (Lipinski definition) is 5. The predicted molar refractivity (Wildman–Crippen MR) is 120 cm³/mol. The van der Waals surface area contributed by atoms with Crippen molar-refractivity contribution >= 4 is 11.8 Å². The number of rotatable bonds is 7. The molecule has 0 saturated carbocycles. The third-order valence-corrected chi connectivity index (χ3v) is 5.92. The lowest BCUT2D eigenvalue weighted by atomic mass is 9.99. The summed E-state index contributed by atoms with van der Waals surface area (Å²) in [5, 5.41) is 12.7. The molecule has 1 aliphatic rings. The molecule has 3 atom stereocenters. The van der Waals surface area contributed by atoms with Gasteiger partial charge in [0, 0.05) is 18.2 Å². The third kappa shape index (κ3) is 5.11. The van der Waals surface area contributed by atoms with Crippen LogP contribution in [0.3, 0.4) is 0 Å². The number of aromatic amines is 1. The van der Waals surface area contributed by atoms with Crippen LogP contribution in [0.2, 0.25) is 0 Å². The second-order valence-electron chi connectivity index (χ2n) is 8.69. The Morgan fingerprint density at radius 2 is 2.00 bits per heavy atom. The topological polar surface area (TPSA) is 104 Å². The molecule has 2 amide bonds. The van der Waals surface area contributed by atoms with Crippen molar-refractivity contribution in [1.29, 1.82) is 0 Å². The van der Waals surface area contributed by atoms with Crippen molar-refractivity contribution in [3.63, 3.8) is 0 Å². The zero-order valence-electron chi connectivity index (χ0n) is 18.9. The van der Waals surface area contributed by atoms with Gasteiger partial charge in [0.25, 0.3) is 0 Å². The van der Waals surface area contributed by atoms with Crippen molar-refractivity contribution in [2.24, 2.45) is 0 Å². The fourth-order valence-corrected chi connectivity index (χ4v) is 4.13. The smallest absolute Gasteiger partial charge is 0.243 e. The van der Waals surface area contributed by atoms with Crippen molar-refractivity contribution in [3.8, 4) is 0 Å². The molecule has 1 aliphatic heterocycles. The normalized spacial score (nSPS) is 18.8. The number of alkyl halides is 1. The number of likely N-dealkylation sites (tertiary alicyclic amines) is 1. The van der Waals surface area contributed by atoms with Crippen LogP contribution in [-0.4, -0.2) is 55.9 Å². The van der Waals surface area contributed by atoms with E-state index in [1.165, 1.54) is 23.4 Å². The van der Waals surface area contributed by atoms with E-state index in [-0.39, 0.29) is 25.3 Å². The lowest BCUT2D eigenvalue weighted by Crippen LogP contribution is -2.47. The Labute approximate surface area is 195 Å². The van der Waals surface area contributed by atoms with Gasteiger partial charge < -0.3 is 10.2 Å². The number of benzene rings is 1. The number of nitrogens with zero attached hydrogens (tertiary/aromatic N) is 4. The highest BCUT2D eigenvalue weighted by Crippen LogP contribution is 2.27. The largest absolute Gasteiger partial charge is 0.342 e. The van der Waals surface area contributed by atoms with Gasteiger partial charge in [-0.1, -0.05) is 49.4 Å². The summed E-state index contributed by atoms with van der Waals surface area (Å²) in [7, 11) is 0. The Kier molecular flexibility index (Phi) is 6.95. The fourth-order valence-electron chi connectivity index (χ4n) is 4.13. The summed E-state index contributed by atoms with van der Waals surface area (Å²) in [5.74, 6) is -1.39. The Hall–Kier alpha value is -3.69. The number of aromatic nitrogens is 4. The molecule has 0 radical (unpaired) electrons. The van der Waals surface area contributed by atoms with Gasteiger partial charge in [0.05, 0.1) is 36.6 Å². The fraction of sp³-hybridized carbons (Fsp3) is 0.375. The van der Waals surface area contributed by atoms with Gasteiger partial charge in [0.15, 0.2) is 0 Å². The molecule has 3 aromatic rings. The zero-order valence-corrected chi connectivity index (χ0v) is 18.9. The second kappa shape index (κ2) is 10.1. The molecular weight excluding hydrogens is 442 g/mol. The van der Waals surface area contributed by atoms with Crippen LogP contribution in [-0.2, 0) is 16.0 Å². The highest BCUT2D eigenvalue weighted by atomic mass is 19.1. The van der Waals surface area contributed by atoms with E-state index in [0.29, 0.717) is 22.5 Å². The molecule has 3 heterocycles. The predicted octanol–water partition coefficient (Wildman–Crippen LogP) is 2.85. The van der Waals surface area contributed by atoms with Crippen LogP contribution >= 0.6 is 0 Å². The number of nitrogens with one attached hydrogen (secondary N) is 2. The number of amides is 2. The Morgan fingerprint density at radius 3 is 2.65 bits per heavy atom. The van der Waals surface area contributed by atoms with Crippen molar-refractivity contribution in [1.82, 2.24) is 30.6 Å². The van der Waals surface area contributed by atoms with Gasteiger partial charge in [0.1, 0.15) is 18.0 Å². The first kappa shape index (κ1) is 23.5. The van der Waals surface area contributed by atoms with E-state index in [1.54, 1.807) is 24.3 Å². The second-order valence-corrected chi connectivity index (χ2v) is 8.69. The molecule has 0 bridgehead atoms. The molecule has 1 aromatic carbocycles. The minimum absolute atomic E-state index is 0.0454. The standard InChI is InChI=1S/C24H26F2N6O2/c1-14(2)18-12-27-20(10-19(18)26)23(15-6-4-3-5-7-15)29-24(34)21-8-16(25)13-32(21)22(33)9-17-11-28-31-30-17/h3-7,10-12,14,16,21,23H,8-9,13H2,1-2H3,(H,29,34)(H,28,30,31). The van der Waals surface area contributed by atoms with E-state index in [2.05, 4.69) is 25.7 Å². The van der Waals surface area contributed by atoms with Crippen molar-refractivity contribution < 1.29 is 18.4 Å². The molecule has 1 fully saturated rings. The van der Waals surface area contributed by atoms with Gasteiger partial charge in [-0.3, -0.25) is 19.7 Å². The lowest BCUT2D eigenvalue weighted by Gasteiger charge is -2.26. The Morgan fingerprint density at radius 1 is 1.24 bits per heavy atom. The van der Waals surface area contributed by atoms with E-state index in [0.717, 1.165) is 0 Å². The molecule has 178 valence electrons. The molecule has 8 nitrogen and oxygen atoms in total. The van der Waals surface area contributed by atoms with E-state index in [9.17, 15) is 18.4 Å². The van der Waals surface area contributed by atoms with E-state index >= 15 is 0 Å². The summed E-state index contributed by atoms with van der Waals surface area (Å²) in [6.45, 7) is 3.56. The van der Waals surface area contributed by atoms with E-state index in [4.69, 9.17) is 0 Å². The van der Waals surface area contributed by atoms with E-state index in [1.807, 2.05) is 19.9 Å². The highest BCUT2D eigenvalue weighted by Gasteiger charge is 2.40. The average molecular weight is 469 g/mol. The van der Waals surface area contributed by atoms with Crippen molar-refractivity contribution in [2.75, 3.05) is 6.54 Å². The molecule has 1 saturated heterocycles. The highest BCUT2D eigenvalue weighted by molar-refractivity contribution is 5.89. The molecule has 0 aliphatic carbocycles. The summed E-state index contributed by atoms with van der Waals surface area (Å²) in [5.41, 5.74) is 1.95. The minimum Gasteiger partial charge on any atom is -0.342 e. The van der Waals surface area contributed by atoms with Gasteiger partial charge in [-0.05, 0) is 17.5 Å². The molecule has 2 N–H and O–H groups in total. The average Bonchev–Trinajstić information content (AvgIpc) is 3.47. The van der Waals surface area contributed by atoms with E-state index < -0.39 is 35.9 Å². The summed E-state index contributed by atoms with van der Waals surface area (Å²) >= 11 is 0. The maximum absolute atomic E-state index is 14.7. The van der Waals surface area contributed by atoms with Gasteiger partial charge in [0.2, 0.25) is 11.8 Å². The molecule has 3 unspecified atom stereocenters. The number of pyridine rings is 1. The summed E-state index contributed by atoms with van der Waals surface area (Å²) in [6, 6.07) is 8.57. The van der Waals surface area contributed by atoms with Gasteiger partial charge in [-0.15, -0.1) is 5.10 Å². The molecule has 10 heteroatoms. The maximum atomic E-state index is 14.7. The van der Waals surface area contributed by atoms with Gasteiger partial charge >= 0.3 is 0 Å².